The second kappa shape index (κ2) is 5.01. The SMILES string of the molecule is Cc1nc(Oc2cccc(Cl)c2)ncc1C(=O)O. The number of rotatable bonds is 3. The fourth-order valence-corrected chi connectivity index (χ4v) is 1.52. The standard InChI is InChI=1S/C12H9ClN2O3/c1-7-10(11(16)17)6-14-12(15-7)18-9-4-2-3-8(13)5-9/h2-6H,1H3,(H,16,17). The molecule has 0 radical (unpaired) electrons. The first-order chi connectivity index (χ1) is 8.56. The van der Waals surface area contributed by atoms with Gasteiger partial charge in [0.25, 0.3) is 0 Å². The number of nitrogens with zero attached hydrogens (tertiary/aromatic N) is 2. The molecule has 1 aromatic carbocycles. The molecule has 0 atom stereocenters. The number of aromatic carboxylic acids is 1. The zero-order chi connectivity index (χ0) is 13.1. The minimum atomic E-state index is -1.07. The monoisotopic (exact) mass is 264 g/mol. The number of hydrogen-bond donors (Lipinski definition) is 1. The van der Waals surface area contributed by atoms with E-state index in [9.17, 15) is 4.79 Å². The molecule has 0 bridgehead atoms. The second-order valence-corrected chi connectivity index (χ2v) is 3.95. The Morgan fingerprint density at radius 3 is 2.83 bits per heavy atom. The van der Waals surface area contributed by atoms with Gasteiger partial charge in [0, 0.05) is 11.2 Å². The lowest BCUT2D eigenvalue weighted by Crippen LogP contribution is -2.04. The summed E-state index contributed by atoms with van der Waals surface area (Å²) in [6.07, 6.45) is 1.21. The van der Waals surface area contributed by atoms with E-state index >= 15 is 0 Å². The van der Waals surface area contributed by atoms with Crippen LogP contribution >= 0.6 is 11.6 Å². The topological polar surface area (TPSA) is 72.3 Å². The van der Waals surface area contributed by atoms with Crippen molar-refractivity contribution in [3.8, 4) is 11.8 Å². The molecule has 2 aromatic rings. The highest BCUT2D eigenvalue weighted by Gasteiger charge is 2.10. The molecule has 0 saturated heterocycles. The van der Waals surface area contributed by atoms with Gasteiger partial charge in [0.1, 0.15) is 5.75 Å². The number of carbonyl (C=O) groups is 1. The van der Waals surface area contributed by atoms with E-state index in [1.54, 1.807) is 31.2 Å². The summed E-state index contributed by atoms with van der Waals surface area (Å²) in [4.78, 5) is 18.6. The number of ether oxygens (including phenoxy) is 1. The van der Waals surface area contributed by atoms with Gasteiger partial charge in [0.2, 0.25) is 0 Å². The van der Waals surface area contributed by atoms with Crippen molar-refractivity contribution in [3.63, 3.8) is 0 Å². The molecule has 0 aliphatic heterocycles. The number of hydrogen-bond acceptors (Lipinski definition) is 4. The summed E-state index contributed by atoms with van der Waals surface area (Å²) in [6, 6.07) is 6.85. The van der Waals surface area contributed by atoms with Crippen LogP contribution in [-0.4, -0.2) is 21.0 Å². The van der Waals surface area contributed by atoms with E-state index in [1.807, 2.05) is 0 Å². The van der Waals surface area contributed by atoms with Crippen LogP contribution in [0.15, 0.2) is 30.5 Å². The predicted octanol–water partition coefficient (Wildman–Crippen LogP) is 2.93. The lowest BCUT2D eigenvalue weighted by molar-refractivity contribution is 0.0695. The van der Waals surface area contributed by atoms with Gasteiger partial charge in [-0.3, -0.25) is 0 Å². The van der Waals surface area contributed by atoms with Crippen molar-refractivity contribution in [2.24, 2.45) is 0 Å². The second-order valence-electron chi connectivity index (χ2n) is 3.52. The Morgan fingerprint density at radius 1 is 1.44 bits per heavy atom. The van der Waals surface area contributed by atoms with Crippen molar-refractivity contribution in [3.05, 3.63) is 46.7 Å². The Kier molecular flexibility index (Phi) is 3.43. The van der Waals surface area contributed by atoms with Crippen LogP contribution in [0.2, 0.25) is 5.02 Å². The number of carboxylic acids is 1. The van der Waals surface area contributed by atoms with Crippen LogP contribution in [0, 0.1) is 6.92 Å². The maximum atomic E-state index is 10.8. The first kappa shape index (κ1) is 12.3. The highest BCUT2D eigenvalue weighted by Crippen LogP contribution is 2.21. The van der Waals surface area contributed by atoms with Gasteiger partial charge in [0.15, 0.2) is 0 Å². The van der Waals surface area contributed by atoms with Crippen LogP contribution in [0.1, 0.15) is 16.1 Å². The van der Waals surface area contributed by atoms with Crippen LogP contribution < -0.4 is 4.74 Å². The summed E-state index contributed by atoms with van der Waals surface area (Å²) in [6.45, 7) is 1.58. The zero-order valence-corrected chi connectivity index (χ0v) is 10.2. The molecule has 0 saturated carbocycles. The maximum absolute atomic E-state index is 10.8. The Morgan fingerprint density at radius 2 is 2.22 bits per heavy atom. The largest absolute Gasteiger partial charge is 0.478 e. The number of carboxylic acid groups (broad SMARTS) is 1. The minimum absolute atomic E-state index is 0.0495. The lowest BCUT2D eigenvalue weighted by Gasteiger charge is -2.05. The summed E-state index contributed by atoms with van der Waals surface area (Å²) in [5, 5.41) is 9.38. The summed E-state index contributed by atoms with van der Waals surface area (Å²) in [5.74, 6) is -0.577. The van der Waals surface area contributed by atoms with E-state index in [1.165, 1.54) is 6.20 Å². The van der Waals surface area contributed by atoms with E-state index in [0.29, 0.717) is 16.5 Å². The van der Waals surface area contributed by atoms with Gasteiger partial charge in [-0.05, 0) is 25.1 Å². The van der Waals surface area contributed by atoms with Gasteiger partial charge in [-0.1, -0.05) is 17.7 Å². The highest BCUT2D eigenvalue weighted by molar-refractivity contribution is 6.30. The van der Waals surface area contributed by atoms with Gasteiger partial charge < -0.3 is 9.84 Å². The van der Waals surface area contributed by atoms with Crippen molar-refractivity contribution >= 4 is 17.6 Å². The smallest absolute Gasteiger partial charge is 0.339 e. The first-order valence-corrected chi connectivity index (χ1v) is 5.44. The summed E-state index contributed by atoms with van der Waals surface area (Å²) in [7, 11) is 0. The van der Waals surface area contributed by atoms with Crippen molar-refractivity contribution < 1.29 is 14.6 Å². The molecular formula is C12H9ClN2O3. The Hall–Kier alpha value is -2.14. The molecule has 0 unspecified atom stereocenters. The highest BCUT2D eigenvalue weighted by atomic mass is 35.5. The van der Waals surface area contributed by atoms with Crippen molar-refractivity contribution in [1.29, 1.82) is 0 Å². The van der Waals surface area contributed by atoms with Gasteiger partial charge in [-0.2, -0.15) is 4.98 Å². The normalized spacial score (nSPS) is 10.1. The van der Waals surface area contributed by atoms with Crippen LogP contribution in [0.25, 0.3) is 0 Å². The Labute approximate surface area is 108 Å². The molecule has 0 amide bonds. The number of benzene rings is 1. The van der Waals surface area contributed by atoms with Crippen molar-refractivity contribution in [2.45, 2.75) is 6.92 Å². The molecular weight excluding hydrogens is 256 g/mol. The van der Waals surface area contributed by atoms with E-state index in [0.717, 1.165) is 0 Å². The molecule has 0 fully saturated rings. The van der Waals surface area contributed by atoms with Crippen LogP contribution in [0.3, 0.4) is 0 Å². The molecule has 5 nitrogen and oxygen atoms in total. The number of aromatic nitrogens is 2. The molecule has 0 spiro atoms. The molecule has 92 valence electrons. The van der Waals surface area contributed by atoms with Gasteiger partial charge >= 0.3 is 12.0 Å². The van der Waals surface area contributed by atoms with Crippen LogP contribution in [-0.2, 0) is 0 Å². The Balaban J connectivity index is 2.25. The van der Waals surface area contributed by atoms with Gasteiger partial charge in [-0.15, -0.1) is 0 Å². The van der Waals surface area contributed by atoms with Crippen molar-refractivity contribution in [2.75, 3.05) is 0 Å². The molecule has 1 heterocycles. The van der Waals surface area contributed by atoms with E-state index in [2.05, 4.69) is 9.97 Å². The van der Waals surface area contributed by atoms with E-state index in [-0.39, 0.29) is 11.6 Å². The van der Waals surface area contributed by atoms with Crippen LogP contribution in [0.4, 0.5) is 0 Å². The number of halogens is 1. The fraction of sp³-hybridized carbons (Fsp3) is 0.0833. The van der Waals surface area contributed by atoms with E-state index in [4.69, 9.17) is 21.4 Å². The predicted molar refractivity (Wildman–Crippen MR) is 65.3 cm³/mol. The lowest BCUT2D eigenvalue weighted by atomic mass is 10.2. The van der Waals surface area contributed by atoms with Crippen LogP contribution in [0.5, 0.6) is 11.8 Å². The van der Waals surface area contributed by atoms with Crippen molar-refractivity contribution in [1.82, 2.24) is 9.97 Å². The first-order valence-electron chi connectivity index (χ1n) is 5.06. The third kappa shape index (κ3) is 2.75. The molecule has 1 aromatic heterocycles. The molecule has 2 rings (SSSR count). The summed E-state index contributed by atoms with van der Waals surface area (Å²) in [5.41, 5.74) is 0.392. The maximum Gasteiger partial charge on any atom is 0.339 e. The van der Waals surface area contributed by atoms with Gasteiger partial charge in [0.05, 0.1) is 11.3 Å². The third-order valence-electron chi connectivity index (χ3n) is 2.19. The minimum Gasteiger partial charge on any atom is -0.478 e. The molecule has 0 aliphatic rings. The molecule has 6 heteroatoms. The molecule has 1 N–H and O–H groups in total. The summed E-state index contributed by atoms with van der Waals surface area (Å²) < 4.78 is 5.38. The Bertz CT molecular complexity index is 602. The zero-order valence-electron chi connectivity index (χ0n) is 9.42. The average Bonchev–Trinajstić information content (AvgIpc) is 2.28. The quantitative estimate of drug-likeness (QED) is 0.923. The van der Waals surface area contributed by atoms with E-state index < -0.39 is 5.97 Å². The fourth-order valence-electron chi connectivity index (χ4n) is 1.34. The third-order valence-corrected chi connectivity index (χ3v) is 2.43. The summed E-state index contributed by atoms with van der Waals surface area (Å²) >= 11 is 5.81. The number of aryl methyl sites for hydroxylation is 1. The molecule has 0 aliphatic carbocycles. The average molecular weight is 265 g/mol. The van der Waals surface area contributed by atoms with Gasteiger partial charge in [-0.25, -0.2) is 9.78 Å². The molecule has 18 heavy (non-hydrogen) atoms.